The molecule has 7 nitrogen and oxygen atoms in total. The summed E-state index contributed by atoms with van der Waals surface area (Å²) >= 11 is 0. The molecule has 0 radical (unpaired) electrons. The fourth-order valence-electron chi connectivity index (χ4n) is 2.46. The molecule has 1 atom stereocenters. The molecule has 1 aromatic rings. The Morgan fingerprint density at radius 3 is 2.52 bits per heavy atom. The molecule has 0 saturated carbocycles. The summed E-state index contributed by atoms with van der Waals surface area (Å²) in [6, 6.07) is 3.87. The van der Waals surface area contributed by atoms with E-state index in [0.29, 0.717) is 18.8 Å². The minimum atomic E-state index is -3.66. The maximum atomic E-state index is 12.8. The van der Waals surface area contributed by atoms with Crippen molar-refractivity contribution in [1.82, 2.24) is 4.31 Å². The fourth-order valence-corrected chi connectivity index (χ4v) is 4.16. The van der Waals surface area contributed by atoms with Crippen LogP contribution >= 0.6 is 0 Å². The van der Waals surface area contributed by atoms with Crippen molar-refractivity contribution >= 4 is 21.6 Å². The predicted molar refractivity (Wildman–Crippen MR) is 87.9 cm³/mol. The number of carbonyl (C=O) groups is 1. The molecule has 2 rings (SSSR count). The molecule has 0 aliphatic carbocycles. The minimum Gasteiger partial charge on any atom is -0.495 e. The van der Waals surface area contributed by atoms with Crippen LogP contribution in [0.1, 0.15) is 26.2 Å². The van der Waals surface area contributed by atoms with Gasteiger partial charge >= 0.3 is 0 Å². The van der Waals surface area contributed by atoms with Gasteiger partial charge in [-0.05, 0) is 38.0 Å². The average Bonchev–Trinajstić information content (AvgIpc) is 2.55. The van der Waals surface area contributed by atoms with E-state index in [4.69, 9.17) is 10.5 Å². The van der Waals surface area contributed by atoms with Gasteiger partial charge in [0.05, 0.1) is 13.2 Å². The number of amides is 1. The van der Waals surface area contributed by atoms with E-state index in [9.17, 15) is 13.2 Å². The lowest BCUT2D eigenvalue weighted by Gasteiger charge is -2.26. The van der Waals surface area contributed by atoms with E-state index in [-0.39, 0.29) is 16.6 Å². The first-order valence-corrected chi connectivity index (χ1v) is 9.05. The molecular formula is C15H23N3O4S. The van der Waals surface area contributed by atoms with Crippen LogP contribution < -0.4 is 15.8 Å². The van der Waals surface area contributed by atoms with Gasteiger partial charge < -0.3 is 15.8 Å². The molecule has 1 fully saturated rings. The van der Waals surface area contributed by atoms with E-state index in [0.717, 1.165) is 19.3 Å². The Kier molecular flexibility index (Phi) is 5.61. The molecule has 1 aliphatic heterocycles. The number of hydrogen-bond donors (Lipinski definition) is 2. The fraction of sp³-hybridized carbons (Fsp3) is 0.533. The Labute approximate surface area is 136 Å². The number of carbonyl (C=O) groups excluding carboxylic acids is 1. The number of piperidine rings is 1. The largest absolute Gasteiger partial charge is 0.495 e. The van der Waals surface area contributed by atoms with Crippen LogP contribution in [-0.4, -0.2) is 44.9 Å². The van der Waals surface area contributed by atoms with E-state index < -0.39 is 16.1 Å². The van der Waals surface area contributed by atoms with E-state index in [1.54, 1.807) is 13.0 Å². The van der Waals surface area contributed by atoms with Crippen LogP contribution in [0.4, 0.5) is 5.69 Å². The van der Waals surface area contributed by atoms with Gasteiger partial charge in [-0.25, -0.2) is 8.42 Å². The van der Waals surface area contributed by atoms with Crippen LogP contribution in [-0.2, 0) is 14.8 Å². The summed E-state index contributed by atoms with van der Waals surface area (Å²) in [5, 5.41) is 2.61. The number of ether oxygens (including phenoxy) is 1. The summed E-state index contributed by atoms with van der Waals surface area (Å²) in [4.78, 5) is 11.8. The lowest BCUT2D eigenvalue weighted by atomic mass is 10.2. The number of nitrogens with zero attached hydrogens (tertiary/aromatic N) is 1. The highest BCUT2D eigenvalue weighted by Crippen LogP contribution is 2.31. The lowest BCUT2D eigenvalue weighted by Crippen LogP contribution is -2.36. The Hall–Kier alpha value is -1.64. The van der Waals surface area contributed by atoms with Crippen LogP contribution in [0.3, 0.4) is 0 Å². The number of benzene rings is 1. The number of anilines is 1. The number of rotatable bonds is 5. The first kappa shape index (κ1) is 17.7. The van der Waals surface area contributed by atoms with Crippen molar-refractivity contribution in [2.45, 2.75) is 37.1 Å². The summed E-state index contributed by atoms with van der Waals surface area (Å²) < 4.78 is 32.3. The van der Waals surface area contributed by atoms with Gasteiger partial charge in [0, 0.05) is 18.8 Å². The monoisotopic (exact) mass is 341 g/mol. The van der Waals surface area contributed by atoms with Crippen LogP contribution in [0.5, 0.6) is 5.75 Å². The van der Waals surface area contributed by atoms with Crippen molar-refractivity contribution in [2.75, 3.05) is 25.5 Å². The quantitative estimate of drug-likeness (QED) is 0.837. The van der Waals surface area contributed by atoms with Crippen LogP contribution in [0, 0.1) is 0 Å². The van der Waals surface area contributed by atoms with Crippen LogP contribution in [0.25, 0.3) is 0 Å². The van der Waals surface area contributed by atoms with Gasteiger partial charge in [0.25, 0.3) is 0 Å². The molecule has 1 amide bonds. The average molecular weight is 341 g/mol. The van der Waals surface area contributed by atoms with Crippen molar-refractivity contribution in [3.05, 3.63) is 18.2 Å². The third-order valence-corrected chi connectivity index (χ3v) is 5.70. The minimum absolute atomic E-state index is 0.0596. The van der Waals surface area contributed by atoms with Gasteiger partial charge in [0.15, 0.2) is 0 Å². The Morgan fingerprint density at radius 2 is 1.96 bits per heavy atom. The van der Waals surface area contributed by atoms with Crippen LogP contribution in [0.2, 0.25) is 0 Å². The summed E-state index contributed by atoms with van der Waals surface area (Å²) in [5.41, 5.74) is 5.90. The normalized spacial score (nSPS) is 17.5. The lowest BCUT2D eigenvalue weighted by molar-refractivity contribution is -0.117. The number of hydrogen-bond acceptors (Lipinski definition) is 5. The molecule has 1 aliphatic rings. The number of sulfonamides is 1. The standard InChI is InChI=1S/C15H23N3O4S/c1-11(16)15(19)17-12-6-7-13(22-2)14(10-12)23(20,21)18-8-4-3-5-9-18/h6-7,10-11H,3-5,8-9,16H2,1-2H3,(H,17,19)/t11-/m0/s1. The molecule has 0 spiro atoms. The van der Waals surface area contributed by atoms with Gasteiger partial charge in [-0.2, -0.15) is 4.31 Å². The summed E-state index contributed by atoms with van der Waals surface area (Å²) in [6.45, 7) is 2.56. The molecule has 8 heteroatoms. The number of nitrogens with two attached hydrogens (primary N) is 1. The molecule has 0 aromatic heterocycles. The Balaban J connectivity index is 2.36. The molecule has 3 N–H and O–H groups in total. The summed E-state index contributed by atoms with van der Waals surface area (Å²) in [7, 11) is -2.24. The molecule has 1 heterocycles. The van der Waals surface area contributed by atoms with Gasteiger partial charge in [0.1, 0.15) is 10.6 Å². The third-order valence-electron chi connectivity index (χ3n) is 3.78. The second-order valence-corrected chi connectivity index (χ2v) is 7.51. The molecular weight excluding hydrogens is 318 g/mol. The number of nitrogens with one attached hydrogen (secondary N) is 1. The van der Waals surface area contributed by atoms with Gasteiger partial charge in [-0.15, -0.1) is 0 Å². The molecule has 128 valence electrons. The van der Waals surface area contributed by atoms with Gasteiger partial charge in [0.2, 0.25) is 15.9 Å². The first-order chi connectivity index (χ1) is 10.9. The second kappa shape index (κ2) is 7.29. The zero-order valence-corrected chi connectivity index (χ0v) is 14.2. The zero-order chi connectivity index (χ0) is 17.0. The van der Waals surface area contributed by atoms with Crippen molar-refractivity contribution in [3.63, 3.8) is 0 Å². The maximum absolute atomic E-state index is 12.8. The Morgan fingerprint density at radius 1 is 1.30 bits per heavy atom. The Bertz CT molecular complexity index is 667. The third kappa shape index (κ3) is 4.01. The van der Waals surface area contributed by atoms with E-state index in [1.807, 2.05) is 0 Å². The molecule has 0 unspecified atom stereocenters. The molecule has 23 heavy (non-hydrogen) atoms. The maximum Gasteiger partial charge on any atom is 0.246 e. The SMILES string of the molecule is COc1ccc(NC(=O)[C@H](C)N)cc1S(=O)(=O)N1CCCCC1. The van der Waals surface area contributed by atoms with E-state index in [2.05, 4.69) is 5.32 Å². The molecule has 1 saturated heterocycles. The van der Waals surface area contributed by atoms with E-state index >= 15 is 0 Å². The van der Waals surface area contributed by atoms with Gasteiger partial charge in [-0.3, -0.25) is 4.79 Å². The highest BCUT2D eigenvalue weighted by Gasteiger charge is 2.29. The van der Waals surface area contributed by atoms with Crippen molar-refractivity contribution in [1.29, 1.82) is 0 Å². The second-order valence-electron chi connectivity index (χ2n) is 5.61. The molecule has 0 bridgehead atoms. The predicted octanol–water partition coefficient (Wildman–Crippen LogP) is 1.16. The van der Waals surface area contributed by atoms with Crippen molar-refractivity contribution in [3.8, 4) is 5.75 Å². The van der Waals surface area contributed by atoms with Crippen LogP contribution in [0.15, 0.2) is 23.1 Å². The number of methoxy groups -OCH3 is 1. The summed E-state index contributed by atoms with van der Waals surface area (Å²) in [5.74, 6) is -0.120. The zero-order valence-electron chi connectivity index (χ0n) is 13.4. The topological polar surface area (TPSA) is 102 Å². The van der Waals surface area contributed by atoms with E-state index in [1.165, 1.54) is 23.5 Å². The first-order valence-electron chi connectivity index (χ1n) is 7.61. The molecule has 1 aromatic carbocycles. The highest BCUT2D eigenvalue weighted by molar-refractivity contribution is 7.89. The van der Waals surface area contributed by atoms with Crippen molar-refractivity contribution in [2.24, 2.45) is 5.73 Å². The summed E-state index contributed by atoms with van der Waals surface area (Å²) in [6.07, 6.45) is 2.74. The van der Waals surface area contributed by atoms with Gasteiger partial charge in [-0.1, -0.05) is 6.42 Å². The van der Waals surface area contributed by atoms with Crippen molar-refractivity contribution < 1.29 is 17.9 Å². The smallest absolute Gasteiger partial charge is 0.246 e. The highest BCUT2D eigenvalue weighted by atomic mass is 32.2.